The summed E-state index contributed by atoms with van der Waals surface area (Å²) >= 11 is 0. The van der Waals surface area contributed by atoms with E-state index in [2.05, 4.69) is 40.7 Å². The van der Waals surface area contributed by atoms with Crippen LogP contribution in [0.5, 0.6) is 0 Å². The van der Waals surface area contributed by atoms with Crippen LogP contribution in [0.1, 0.15) is 131 Å². The van der Waals surface area contributed by atoms with Gasteiger partial charge in [0.05, 0.1) is 6.10 Å². The fourth-order valence-corrected chi connectivity index (χ4v) is 10.9. The molecule has 188 valence electrons. The number of aliphatic hydroxyl groups excluding tert-OH is 1. The number of hydrogen-bond donors (Lipinski definition) is 1. The molecule has 1 heteroatoms. The van der Waals surface area contributed by atoms with Crippen LogP contribution in [-0.2, 0) is 0 Å². The van der Waals surface area contributed by atoms with Gasteiger partial charge >= 0.3 is 0 Å². The molecule has 0 saturated heterocycles. The van der Waals surface area contributed by atoms with Gasteiger partial charge in [-0.15, -0.1) is 0 Å². The fourth-order valence-electron chi connectivity index (χ4n) is 10.9. The highest BCUT2D eigenvalue weighted by Crippen LogP contribution is 2.70. The van der Waals surface area contributed by atoms with Gasteiger partial charge < -0.3 is 5.11 Å². The molecule has 0 aliphatic heterocycles. The number of aliphatic hydroxyl groups is 1. The third kappa shape index (κ3) is 3.81. The van der Waals surface area contributed by atoms with Gasteiger partial charge in [0.15, 0.2) is 0 Å². The molecule has 4 fully saturated rings. The van der Waals surface area contributed by atoms with E-state index in [1.165, 1.54) is 89.9 Å². The molecular formula is C32H54O. The first-order valence-corrected chi connectivity index (χ1v) is 15.1. The summed E-state index contributed by atoms with van der Waals surface area (Å²) in [6.45, 7) is 12.7. The molecule has 1 N–H and O–H groups in total. The second-order valence-corrected chi connectivity index (χ2v) is 14.5. The fraction of sp³-hybridized carbons (Fsp3) is 0.938. The summed E-state index contributed by atoms with van der Waals surface area (Å²) in [5, 5.41) is 11.3. The Kier molecular flexibility index (Phi) is 6.63. The van der Waals surface area contributed by atoms with Crippen LogP contribution in [0.3, 0.4) is 0 Å². The van der Waals surface area contributed by atoms with Crippen LogP contribution in [0, 0.1) is 51.8 Å². The van der Waals surface area contributed by atoms with Crippen molar-refractivity contribution in [2.24, 2.45) is 51.8 Å². The lowest BCUT2D eigenvalue weighted by atomic mass is 9.41. The van der Waals surface area contributed by atoms with Crippen LogP contribution < -0.4 is 0 Å². The van der Waals surface area contributed by atoms with Gasteiger partial charge in [-0.3, -0.25) is 0 Å². The van der Waals surface area contributed by atoms with Gasteiger partial charge in [0.2, 0.25) is 0 Å². The van der Waals surface area contributed by atoms with E-state index in [1.54, 1.807) is 0 Å². The predicted octanol–water partition coefficient (Wildman–Crippen LogP) is 8.95. The van der Waals surface area contributed by atoms with Crippen molar-refractivity contribution in [2.75, 3.05) is 0 Å². The van der Waals surface area contributed by atoms with Crippen molar-refractivity contribution in [1.29, 1.82) is 0 Å². The molecule has 1 nitrogen and oxygen atoms in total. The highest BCUT2D eigenvalue weighted by molar-refractivity contribution is 5.29. The summed E-state index contributed by atoms with van der Waals surface area (Å²) < 4.78 is 0. The zero-order chi connectivity index (χ0) is 23.4. The van der Waals surface area contributed by atoms with E-state index in [1.807, 2.05) is 5.57 Å². The Bertz CT molecular complexity index is 729. The van der Waals surface area contributed by atoms with Crippen molar-refractivity contribution in [3.05, 3.63) is 11.6 Å². The maximum atomic E-state index is 11.3. The van der Waals surface area contributed by atoms with Crippen LogP contribution in [0.25, 0.3) is 0 Å². The normalized spacial score (nSPS) is 45.3. The van der Waals surface area contributed by atoms with Crippen LogP contribution in [-0.4, -0.2) is 11.2 Å². The van der Waals surface area contributed by atoms with E-state index in [0.29, 0.717) is 10.8 Å². The molecule has 0 aromatic rings. The topological polar surface area (TPSA) is 20.2 Å². The van der Waals surface area contributed by atoms with Gasteiger partial charge in [-0.1, -0.05) is 84.8 Å². The molecule has 0 amide bonds. The first-order valence-electron chi connectivity index (χ1n) is 15.1. The van der Waals surface area contributed by atoms with Gasteiger partial charge in [-0.2, -0.15) is 0 Å². The largest absolute Gasteiger partial charge is 0.393 e. The Balaban J connectivity index is 1.38. The Morgan fingerprint density at radius 2 is 1.55 bits per heavy atom. The smallest absolute Gasteiger partial charge is 0.0599 e. The maximum absolute atomic E-state index is 11.3. The molecule has 5 aliphatic carbocycles. The van der Waals surface area contributed by atoms with E-state index >= 15 is 0 Å². The molecular weight excluding hydrogens is 400 g/mol. The number of hydrogen-bond acceptors (Lipinski definition) is 1. The third-order valence-electron chi connectivity index (χ3n) is 12.6. The Morgan fingerprint density at radius 1 is 0.848 bits per heavy atom. The second-order valence-electron chi connectivity index (χ2n) is 14.5. The zero-order valence-electron chi connectivity index (χ0n) is 22.7. The van der Waals surface area contributed by atoms with Gasteiger partial charge in [-0.25, -0.2) is 0 Å². The quantitative estimate of drug-likeness (QED) is 0.411. The van der Waals surface area contributed by atoms with Crippen LogP contribution in [0.2, 0.25) is 0 Å². The minimum absolute atomic E-state index is 0.0396. The lowest BCUT2D eigenvalue weighted by Crippen LogP contribution is -2.58. The number of allylic oxidation sites excluding steroid dienone is 2. The molecule has 0 bridgehead atoms. The summed E-state index contributed by atoms with van der Waals surface area (Å²) in [6, 6.07) is 0. The summed E-state index contributed by atoms with van der Waals surface area (Å²) in [4.78, 5) is 0. The van der Waals surface area contributed by atoms with Crippen molar-refractivity contribution in [1.82, 2.24) is 0 Å². The maximum Gasteiger partial charge on any atom is 0.0599 e. The van der Waals surface area contributed by atoms with E-state index in [0.717, 1.165) is 41.9 Å². The molecule has 1 spiro atoms. The molecule has 0 aromatic heterocycles. The molecule has 0 aromatic carbocycles. The first-order chi connectivity index (χ1) is 15.7. The van der Waals surface area contributed by atoms with Crippen molar-refractivity contribution < 1.29 is 5.11 Å². The number of rotatable bonds is 5. The predicted molar refractivity (Wildman–Crippen MR) is 140 cm³/mol. The van der Waals surface area contributed by atoms with E-state index < -0.39 is 0 Å². The van der Waals surface area contributed by atoms with E-state index in [4.69, 9.17) is 0 Å². The Morgan fingerprint density at radius 3 is 2.27 bits per heavy atom. The standard InChI is InChI=1S/C32H54O/c1-22(2)10-9-11-23(3)25-13-14-26-24-12-15-28-31(5,27(24)16-20-30(25,26)4)21-17-29(33)32(28)18-7-6-8-19-32/h12,22-23,25-29,33H,6-11,13-21H2,1-5H3/t23-,25-,26+,27+,28?,29-,30-,31-/m1/s1. The van der Waals surface area contributed by atoms with Crippen LogP contribution >= 0.6 is 0 Å². The lowest BCUT2D eigenvalue weighted by Gasteiger charge is -2.64. The van der Waals surface area contributed by atoms with Gasteiger partial charge in [0.25, 0.3) is 0 Å². The molecule has 33 heavy (non-hydrogen) atoms. The molecule has 5 rings (SSSR count). The molecule has 4 saturated carbocycles. The van der Waals surface area contributed by atoms with Crippen molar-refractivity contribution in [3.63, 3.8) is 0 Å². The van der Waals surface area contributed by atoms with E-state index in [-0.39, 0.29) is 11.5 Å². The van der Waals surface area contributed by atoms with Crippen molar-refractivity contribution in [2.45, 2.75) is 137 Å². The number of fused-ring (bicyclic) bond motifs is 6. The Labute approximate surface area is 205 Å². The minimum atomic E-state index is -0.0396. The van der Waals surface area contributed by atoms with Crippen molar-refractivity contribution >= 4 is 0 Å². The summed E-state index contributed by atoms with van der Waals surface area (Å²) in [6.07, 6.45) is 23.1. The van der Waals surface area contributed by atoms with Gasteiger partial charge in [-0.05, 0) is 110 Å². The van der Waals surface area contributed by atoms with Crippen LogP contribution in [0.4, 0.5) is 0 Å². The summed E-state index contributed by atoms with van der Waals surface area (Å²) in [5.41, 5.74) is 3.11. The summed E-state index contributed by atoms with van der Waals surface area (Å²) in [5.74, 6) is 5.04. The molecule has 1 unspecified atom stereocenters. The Hall–Kier alpha value is -0.300. The lowest BCUT2D eigenvalue weighted by molar-refractivity contribution is -0.156. The van der Waals surface area contributed by atoms with Gasteiger partial charge in [0, 0.05) is 0 Å². The zero-order valence-corrected chi connectivity index (χ0v) is 22.7. The molecule has 0 heterocycles. The van der Waals surface area contributed by atoms with Gasteiger partial charge in [0.1, 0.15) is 0 Å². The minimum Gasteiger partial charge on any atom is -0.393 e. The van der Waals surface area contributed by atoms with E-state index in [9.17, 15) is 5.11 Å². The molecule has 8 atom stereocenters. The molecule has 0 radical (unpaired) electrons. The first kappa shape index (κ1) is 24.4. The highest BCUT2D eigenvalue weighted by Gasteiger charge is 2.62. The van der Waals surface area contributed by atoms with Crippen LogP contribution in [0.15, 0.2) is 11.6 Å². The average Bonchev–Trinajstić information content (AvgIpc) is 3.14. The SMILES string of the molecule is CC(C)CCC[C@@H](C)[C@H]1CC[C@H]2C3=CCC4C5(CCCCC5)[C@H](O)CC[C@]4(C)[C@H]3CC[C@]12C. The summed E-state index contributed by atoms with van der Waals surface area (Å²) in [7, 11) is 0. The average molecular weight is 455 g/mol. The highest BCUT2D eigenvalue weighted by atomic mass is 16.3. The monoisotopic (exact) mass is 454 g/mol. The third-order valence-corrected chi connectivity index (χ3v) is 12.6. The molecule has 5 aliphatic rings. The second kappa shape index (κ2) is 8.97. The van der Waals surface area contributed by atoms with Crippen molar-refractivity contribution in [3.8, 4) is 0 Å².